The lowest BCUT2D eigenvalue weighted by Gasteiger charge is -2.11. The smallest absolute Gasteiger partial charge is 0.150 e. The van der Waals surface area contributed by atoms with Gasteiger partial charge in [0.2, 0.25) is 0 Å². The van der Waals surface area contributed by atoms with Crippen LogP contribution < -0.4 is 10.6 Å². The highest BCUT2D eigenvalue weighted by atomic mass is 79.9. The average molecular weight is 307 g/mol. The molecule has 2 aromatic rings. The summed E-state index contributed by atoms with van der Waals surface area (Å²) < 4.78 is 0.826. The molecule has 1 heterocycles. The molecule has 4 nitrogen and oxygen atoms in total. The topological polar surface area (TPSA) is 49.8 Å². The van der Waals surface area contributed by atoms with Gasteiger partial charge in [0, 0.05) is 12.7 Å². The molecule has 5 heteroatoms. The van der Waals surface area contributed by atoms with Crippen LogP contribution in [-0.2, 0) is 0 Å². The number of rotatable bonds is 3. The molecule has 0 amide bonds. The molecule has 1 aromatic heterocycles. The van der Waals surface area contributed by atoms with Gasteiger partial charge in [-0.3, -0.25) is 0 Å². The first-order valence-electron chi connectivity index (χ1n) is 5.63. The minimum Gasteiger partial charge on any atom is -0.372 e. The van der Waals surface area contributed by atoms with E-state index >= 15 is 0 Å². The molecule has 0 fully saturated rings. The van der Waals surface area contributed by atoms with Gasteiger partial charge in [0.25, 0.3) is 0 Å². The molecule has 0 spiro atoms. The Kier molecular flexibility index (Phi) is 3.81. The van der Waals surface area contributed by atoms with Gasteiger partial charge in [0.05, 0.1) is 0 Å². The number of aryl methyl sites for hydroxylation is 2. The van der Waals surface area contributed by atoms with Crippen LogP contribution in [0.5, 0.6) is 0 Å². The van der Waals surface area contributed by atoms with Crippen molar-refractivity contribution in [3.8, 4) is 0 Å². The lowest BCUT2D eigenvalue weighted by atomic mass is 10.1. The molecule has 2 rings (SSSR count). The number of nitrogens with one attached hydrogen (secondary N) is 2. The quantitative estimate of drug-likeness (QED) is 0.909. The second-order valence-electron chi connectivity index (χ2n) is 4.14. The van der Waals surface area contributed by atoms with Crippen LogP contribution in [-0.4, -0.2) is 17.0 Å². The molecule has 1 aromatic carbocycles. The number of halogens is 1. The number of nitrogens with zero attached hydrogens (tertiary/aromatic N) is 2. The number of anilines is 3. The first-order chi connectivity index (χ1) is 8.60. The Balaban J connectivity index is 2.34. The monoisotopic (exact) mass is 306 g/mol. The van der Waals surface area contributed by atoms with Gasteiger partial charge in [-0.1, -0.05) is 6.07 Å². The Labute approximate surface area is 115 Å². The number of hydrogen-bond donors (Lipinski definition) is 2. The maximum Gasteiger partial charge on any atom is 0.150 e. The van der Waals surface area contributed by atoms with Crippen molar-refractivity contribution in [3.05, 3.63) is 40.1 Å². The van der Waals surface area contributed by atoms with Gasteiger partial charge >= 0.3 is 0 Å². The number of aromatic nitrogens is 2. The van der Waals surface area contributed by atoms with E-state index in [2.05, 4.69) is 68.6 Å². The van der Waals surface area contributed by atoms with Crippen LogP contribution in [0.2, 0.25) is 0 Å². The third-order valence-corrected chi connectivity index (χ3v) is 3.26. The zero-order valence-corrected chi connectivity index (χ0v) is 12.2. The molecule has 0 bridgehead atoms. The molecule has 0 saturated carbocycles. The highest BCUT2D eigenvalue weighted by Gasteiger charge is 2.07. The van der Waals surface area contributed by atoms with Crippen molar-refractivity contribution in [1.82, 2.24) is 9.97 Å². The summed E-state index contributed by atoms with van der Waals surface area (Å²) >= 11 is 3.49. The maximum atomic E-state index is 4.23. The van der Waals surface area contributed by atoms with Crippen molar-refractivity contribution in [2.75, 3.05) is 17.7 Å². The van der Waals surface area contributed by atoms with Crippen LogP contribution >= 0.6 is 15.9 Å². The van der Waals surface area contributed by atoms with Crippen molar-refractivity contribution >= 4 is 33.3 Å². The van der Waals surface area contributed by atoms with Crippen molar-refractivity contribution in [1.29, 1.82) is 0 Å². The molecule has 94 valence electrons. The van der Waals surface area contributed by atoms with E-state index < -0.39 is 0 Å². The summed E-state index contributed by atoms with van der Waals surface area (Å²) in [4.78, 5) is 8.36. The summed E-state index contributed by atoms with van der Waals surface area (Å²) in [7, 11) is 1.83. The van der Waals surface area contributed by atoms with E-state index in [0.29, 0.717) is 0 Å². The Hall–Kier alpha value is -1.62. The van der Waals surface area contributed by atoms with Gasteiger partial charge in [-0.15, -0.1) is 0 Å². The average Bonchev–Trinajstić information content (AvgIpc) is 2.30. The number of hydrogen-bond acceptors (Lipinski definition) is 4. The molecule has 0 atom stereocenters. The van der Waals surface area contributed by atoms with Gasteiger partial charge in [0.15, 0.2) is 0 Å². The van der Waals surface area contributed by atoms with E-state index in [1.807, 2.05) is 7.05 Å². The maximum absolute atomic E-state index is 4.23. The minimum absolute atomic E-state index is 0.749. The molecular formula is C13H15BrN4. The second kappa shape index (κ2) is 5.35. The Morgan fingerprint density at radius 1 is 1.00 bits per heavy atom. The molecule has 0 aliphatic heterocycles. The molecule has 0 saturated heterocycles. The summed E-state index contributed by atoms with van der Waals surface area (Å²) in [5, 5.41) is 6.30. The summed E-state index contributed by atoms with van der Waals surface area (Å²) in [6.45, 7) is 4.15. The summed E-state index contributed by atoms with van der Waals surface area (Å²) in [5.74, 6) is 1.51. The van der Waals surface area contributed by atoms with E-state index in [1.165, 1.54) is 17.5 Å². The van der Waals surface area contributed by atoms with Crippen LogP contribution in [0.3, 0.4) is 0 Å². The minimum atomic E-state index is 0.749. The fraction of sp³-hybridized carbons (Fsp3) is 0.231. The lowest BCUT2D eigenvalue weighted by molar-refractivity contribution is 1.14. The SMILES string of the molecule is CNc1ncnc(Nc2cc(C)cc(C)c2)c1Br. The van der Waals surface area contributed by atoms with Crippen LogP contribution in [0.15, 0.2) is 29.0 Å². The molecule has 0 unspecified atom stereocenters. The van der Waals surface area contributed by atoms with Gasteiger partial charge in [0.1, 0.15) is 22.4 Å². The van der Waals surface area contributed by atoms with Gasteiger partial charge in [-0.2, -0.15) is 0 Å². The van der Waals surface area contributed by atoms with Gasteiger partial charge in [-0.25, -0.2) is 9.97 Å². The van der Waals surface area contributed by atoms with Crippen molar-refractivity contribution in [3.63, 3.8) is 0 Å². The van der Waals surface area contributed by atoms with Crippen LogP contribution in [0.1, 0.15) is 11.1 Å². The van der Waals surface area contributed by atoms with Crippen LogP contribution in [0.4, 0.5) is 17.3 Å². The van der Waals surface area contributed by atoms with E-state index in [9.17, 15) is 0 Å². The third-order valence-electron chi connectivity index (χ3n) is 2.51. The molecular weight excluding hydrogens is 292 g/mol. The molecule has 0 aliphatic rings. The van der Waals surface area contributed by atoms with Crippen molar-refractivity contribution in [2.45, 2.75) is 13.8 Å². The third kappa shape index (κ3) is 2.79. The van der Waals surface area contributed by atoms with Crippen molar-refractivity contribution in [2.24, 2.45) is 0 Å². The second-order valence-corrected chi connectivity index (χ2v) is 4.93. The molecule has 2 N–H and O–H groups in total. The highest BCUT2D eigenvalue weighted by Crippen LogP contribution is 2.29. The summed E-state index contributed by atoms with van der Waals surface area (Å²) in [6, 6.07) is 6.31. The van der Waals surface area contributed by atoms with E-state index in [1.54, 1.807) is 0 Å². The molecule has 0 radical (unpaired) electrons. The summed E-state index contributed by atoms with van der Waals surface area (Å²) in [6.07, 6.45) is 1.53. The van der Waals surface area contributed by atoms with Gasteiger partial charge < -0.3 is 10.6 Å². The molecule has 18 heavy (non-hydrogen) atoms. The standard InChI is InChI=1S/C13H15BrN4/c1-8-4-9(2)6-10(5-8)18-13-11(14)12(15-3)16-7-17-13/h4-7H,1-3H3,(H2,15,16,17,18). The Morgan fingerprint density at radius 2 is 1.61 bits per heavy atom. The predicted molar refractivity (Wildman–Crippen MR) is 78.5 cm³/mol. The van der Waals surface area contributed by atoms with Crippen LogP contribution in [0.25, 0.3) is 0 Å². The van der Waals surface area contributed by atoms with E-state index in [-0.39, 0.29) is 0 Å². The lowest BCUT2D eigenvalue weighted by Crippen LogP contribution is -2.00. The first-order valence-corrected chi connectivity index (χ1v) is 6.43. The first kappa shape index (κ1) is 12.8. The molecule has 0 aliphatic carbocycles. The normalized spacial score (nSPS) is 10.2. The summed E-state index contributed by atoms with van der Waals surface area (Å²) in [5.41, 5.74) is 3.46. The largest absolute Gasteiger partial charge is 0.372 e. The highest BCUT2D eigenvalue weighted by molar-refractivity contribution is 9.10. The predicted octanol–water partition coefficient (Wildman–Crippen LogP) is 3.64. The Bertz CT molecular complexity index is 549. The Morgan fingerprint density at radius 3 is 2.22 bits per heavy atom. The van der Waals surface area contributed by atoms with E-state index in [0.717, 1.165) is 21.8 Å². The number of benzene rings is 1. The van der Waals surface area contributed by atoms with Crippen LogP contribution in [0, 0.1) is 13.8 Å². The van der Waals surface area contributed by atoms with Crippen molar-refractivity contribution < 1.29 is 0 Å². The fourth-order valence-electron chi connectivity index (χ4n) is 1.81. The zero-order valence-electron chi connectivity index (χ0n) is 10.6. The zero-order chi connectivity index (χ0) is 13.1. The fourth-order valence-corrected chi connectivity index (χ4v) is 2.32. The van der Waals surface area contributed by atoms with E-state index in [4.69, 9.17) is 0 Å². The van der Waals surface area contributed by atoms with Gasteiger partial charge in [-0.05, 0) is 53.0 Å².